The molecule has 0 unspecified atom stereocenters. The van der Waals surface area contributed by atoms with Crippen LogP contribution in [-0.4, -0.2) is 30.6 Å². The molecule has 1 aliphatic rings. The predicted octanol–water partition coefficient (Wildman–Crippen LogP) is 4.25. The van der Waals surface area contributed by atoms with Crippen molar-refractivity contribution < 1.29 is 9.72 Å². The zero-order valence-corrected chi connectivity index (χ0v) is 16.1. The largest absolute Gasteiger partial charge is 0.378 e. The van der Waals surface area contributed by atoms with Crippen LogP contribution in [0, 0.1) is 10.1 Å². The van der Waals surface area contributed by atoms with Gasteiger partial charge in [-0.25, -0.2) is 0 Å². The predicted molar refractivity (Wildman–Crippen MR) is 112 cm³/mol. The first-order chi connectivity index (χ1) is 13.4. The van der Waals surface area contributed by atoms with Crippen molar-refractivity contribution in [3.8, 4) is 0 Å². The number of nitro benzene ring substituents is 1. The van der Waals surface area contributed by atoms with Crippen LogP contribution in [0.5, 0.6) is 0 Å². The third-order valence-corrected chi connectivity index (χ3v) is 4.47. The minimum Gasteiger partial charge on any atom is -0.378 e. The number of non-ortho nitro benzene ring substituents is 1. The number of nitro groups is 1. The van der Waals surface area contributed by atoms with Crippen molar-refractivity contribution in [1.29, 1.82) is 0 Å². The number of nitrogens with zero attached hydrogens (tertiary/aromatic N) is 4. The lowest BCUT2D eigenvalue weighted by atomic mass is 10.0. The maximum atomic E-state index is 13.0. The SMILES string of the molecule is CCCC1=NN(c2ccc([N+](=O)[O-])cc2)C(=O)/C1=C/c1ccc(N(C)C)cc1. The summed E-state index contributed by atoms with van der Waals surface area (Å²) < 4.78 is 0. The van der Waals surface area contributed by atoms with Gasteiger partial charge in [-0.3, -0.25) is 14.9 Å². The molecule has 0 aromatic heterocycles. The van der Waals surface area contributed by atoms with Gasteiger partial charge >= 0.3 is 0 Å². The average Bonchev–Trinajstić information content (AvgIpc) is 2.98. The van der Waals surface area contributed by atoms with Gasteiger partial charge in [-0.05, 0) is 42.3 Å². The van der Waals surface area contributed by atoms with Crippen LogP contribution in [0.2, 0.25) is 0 Å². The summed E-state index contributed by atoms with van der Waals surface area (Å²) in [5, 5.41) is 16.6. The molecular weight excluding hydrogens is 356 g/mol. The summed E-state index contributed by atoms with van der Waals surface area (Å²) in [6.07, 6.45) is 3.38. The summed E-state index contributed by atoms with van der Waals surface area (Å²) in [5.74, 6) is -0.228. The van der Waals surface area contributed by atoms with Crippen molar-refractivity contribution in [3.63, 3.8) is 0 Å². The van der Waals surface area contributed by atoms with E-state index in [2.05, 4.69) is 5.10 Å². The number of amides is 1. The standard InChI is InChI=1S/C21H22N4O3/c1-4-5-20-19(14-15-6-8-16(9-7-15)23(2)3)21(26)24(22-20)17-10-12-18(13-11-17)25(27)28/h6-14H,4-5H2,1-3H3/b19-14+. The fourth-order valence-corrected chi connectivity index (χ4v) is 2.95. The van der Waals surface area contributed by atoms with E-state index in [1.54, 1.807) is 0 Å². The summed E-state index contributed by atoms with van der Waals surface area (Å²) >= 11 is 0. The highest BCUT2D eigenvalue weighted by Gasteiger charge is 2.30. The molecule has 0 radical (unpaired) electrons. The molecular formula is C21H22N4O3. The van der Waals surface area contributed by atoms with Gasteiger partial charge in [-0.2, -0.15) is 10.1 Å². The number of carbonyl (C=O) groups excluding carboxylic acids is 1. The number of hydrazone groups is 1. The van der Waals surface area contributed by atoms with Gasteiger partial charge in [0.2, 0.25) is 0 Å². The van der Waals surface area contributed by atoms with Gasteiger partial charge in [0.1, 0.15) is 0 Å². The summed E-state index contributed by atoms with van der Waals surface area (Å²) in [6, 6.07) is 13.8. The van der Waals surface area contributed by atoms with Crippen LogP contribution >= 0.6 is 0 Å². The Labute approximate surface area is 163 Å². The number of hydrogen-bond donors (Lipinski definition) is 0. The lowest BCUT2D eigenvalue weighted by Crippen LogP contribution is -2.21. The number of anilines is 2. The number of hydrogen-bond acceptors (Lipinski definition) is 5. The van der Waals surface area contributed by atoms with Crippen LogP contribution in [0.15, 0.2) is 59.2 Å². The van der Waals surface area contributed by atoms with Crippen molar-refractivity contribution in [3.05, 3.63) is 69.8 Å². The molecule has 1 aliphatic heterocycles. The van der Waals surface area contributed by atoms with E-state index in [0.717, 1.165) is 23.4 Å². The van der Waals surface area contributed by atoms with Crippen LogP contribution < -0.4 is 9.91 Å². The van der Waals surface area contributed by atoms with E-state index in [-0.39, 0.29) is 11.6 Å². The first-order valence-electron chi connectivity index (χ1n) is 9.06. The summed E-state index contributed by atoms with van der Waals surface area (Å²) in [4.78, 5) is 25.4. The van der Waals surface area contributed by atoms with Gasteiger partial charge < -0.3 is 4.90 Å². The zero-order chi connectivity index (χ0) is 20.3. The molecule has 0 atom stereocenters. The van der Waals surface area contributed by atoms with E-state index in [1.165, 1.54) is 29.3 Å². The molecule has 144 valence electrons. The molecule has 28 heavy (non-hydrogen) atoms. The van der Waals surface area contributed by atoms with Gasteiger partial charge in [-0.1, -0.05) is 25.5 Å². The van der Waals surface area contributed by atoms with Crippen molar-refractivity contribution in [2.24, 2.45) is 5.10 Å². The summed E-state index contributed by atoms with van der Waals surface area (Å²) in [5.41, 5.74) is 3.76. The number of carbonyl (C=O) groups is 1. The Morgan fingerprint density at radius 1 is 1.11 bits per heavy atom. The van der Waals surface area contributed by atoms with E-state index < -0.39 is 4.92 Å². The Morgan fingerprint density at radius 3 is 2.29 bits per heavy atom. The first kappa shape index (κ1) is 19.3. The lowest BCUT2D eigenvalue weighted by Gasteiger charge is -2.12. The zero-order valence-electron chi connectivity index (χ0n) is 16.1. The van der Waals surface area contributed by atoms with Gasteiger partial charge in [0.15, 0.2) is 0 Å². The Bertz CT molecular complexity index is 945. The fraction of sp³-hybridized carbons (Fsp3) is 0.238. The molecule has 0 saturated carbocycles. The lowest BCUT2D eigenvalue weighted by molar-refractivity contribution is -0.384. The van der Waals surface area contributed by atoms with Crippen molar-refractivity contribution in [1.82, 2.24) is 0 Å². The highest BCUT2D eigenvalue weighted by molar-refractivity contribution is 6.32. The average molecular weight is 378 g/mol. The minimum atomic E-state index is -0.468. The van der Waals surface area contributed by atoms with E-state index in [9.17, 15) is 14.9 Å². The number of benzene rings is 2. The molecule has 3 rings (SSSR count). The van der Waals surface area contributed by atoms with Crippen molar-refractivity contribution >= 4 is 34.8 Å². The molecule has 0 saturated heterocycles. The Kier molecular flexibility index (Phi) is 5.54. The summed E-state index contributed by atoms with van der Waals surface area (Å²) in [6.45, 7) is 2.03. The second-order valence-corrected chi connectivity index (χ2v) is 6.73. The van der Waals surface area contributed by atoms with Crippen LogP contribution in [0.4, 0.5) is 17.1 Å². The van der Waals surface area contributed by atoms with Gasteiger partial charge in [-0.15, -0.1) is 0 Å². The fourth-order valence-electron chi connectivity index (χ4n) is 2.95. The van der Waals surface area contributed by atoms with Gasteiger partial charge in [0.25, 0.3) is 11.6 Å². The molecule has 0 bridgehead atoms. The Morgan fingerprint density at radius 2 is 1.75 bits per heavy atom. The first-order valence-corrected chi connectivity index (χ1v) is 9.06. The Balaban J connectivity index is 1.92. The topological polar surface area (TPSA) is 79.0 Å². The van der Waals surface area contributed by atoms with Crippen molar-refractivity contribution in [2.75, 3.05) is 24.0 Å². The van der Waals surface area contributed by atoms with Gasteiger partial charge in [0.05, 0.1) is 21.9 Å². The molecule has 0 spiro atoms. The molecule has 0 fully saturated rings. The van der Waals surface area contributed by atoms with Crippen LogP contribution in [0.1, 0.15) is 25.3 Å². The third kappa shape index (κ3) is 3.93. The molecule has 0 N–H and O–H groups in total. The number of rotatable bonds is 6. The molecule has 2 aromatic rings. The second-order valence-electron chi connectivity index (χ2n) is 6.73. The van der Waals surface area contributed by atoms with Gasteiger partial charge in [0, 0.05) is 31.9 Å². The van der Waals surface area contributed by atoms with Crippen LogP contribution in [0.3, 0.4) is 0 Å². The normalized spacial score (nSPS) is 15.1. The van der Waals surface area contributed by atoms with Crippen LogP contribution in [-0.2, 0) is 4.79 Å². The summed E-state index contributed by atoms with van der Waals surface area (Å²) in [7, 11) is 3.95. The molecule has 2 aromatic carbocycles. The quantitative estimate of drug-likeness (QED) is 0.428. The van der Waals surface area contributed by atoms with E-state index in [4.69, 9.17) is 0 Å². The molecule has 1 heterocycles. The highest BCUT2D eigenvalue weighted by Crippen LogP contribution is 2.28. The maximum Gasteiger partial charge on any atom is 0.280 e. The Hall–Kier alpha value is -3.48. The van der Waals surface area contributed by atoms with E-state index >= 15 is 0 Å². The van der Waals surface area contributed by atoms with E-state index in [1.807, 2.05) is 56.3 Å². The molecule has 0 aliphatic carbocycles. The maximum absolute atomic E-state index is 13.0. The third-order valence-electron chi connectivity index (χ3n) is 4.47. The molecule has 1 amide bonds. The highest BCUT2D eigenvalue weighted by atomic mass is 16.6. The van der Waals surface area contributed by atoms with Crippen LogP contribution in [0.25, 0.3) is 6.08 Å². The second kappa shape index (κ2) is 8.04. The minimum absolute atomic E-state index is 0.0232. The smallest absolute Gasteiger partial charge is 0.280 e. The molecule has 7 heteroatoms. The van der Waals surface area contributed by atoms with E-state index in [0.29, 0.717) is 17.7 Å². The monoisotopic (exact) mass is 378 g/mol. The molecule has 7 nitrogen and oxygen atoms in total. The van der Waals surface area contributed by atoms with Crippen molar-refractivity contribution in [2.45, 2.75) is 19.8 Å².